The van der Waals surface area contributed by atoms with Crippen LogP contribution in [0.25, 0.3) is 0 Å². The van der Waals surface area contributed by atoms with Gasteiger partial charge in [-0.1, -0.05) is 0 Å². The SMILES string of the molecule is CCOCCCNCCCOCC. The molecule has 0 heterocycles. The van der Waals surface area contributed by atoms with Gasteiger partial charge >= 0.3 is 0 Å². The molecule has 0 unspecified atom stereocenters. The van der Waals surface area contributed by atoms with Crippen LogP contribution < -0.4 is 5.32 Å². The lowest BCUT2D eigenvalue weighted by Gasteiger charge is -2.04. The van der Waals surface area contributed by atoms with Gasteiger partial charge < -0.3 is 14.8 Å². The van der Waals surface area contributed by atoms with Gasteiger partial charge in [-0.05, 0) is 39.8 Å². The van der Waals surface area contributed by atoms with Crippen molar-refractivity contribution >= 4 is 0 Å². The summed E-state index contributed by atoms with van der Waals surface area (Å²) in [5.41, 5.74) is 0. The van der Waals surface area contributed by atoms with Crippen LogP contribution in [-0.4, -0.2) is 39.5 Å². The Labute approximate surface area is 81.8 Å². The molecule has 3 nitrogen and oxygen atoms in total. The number of rotatable bonds is 10. The first-order valence-corrected chi connectivity index (χ1v) is 5.28. The molecule has 1 N–H and O–H groups in total. The van der Waals surface area contributed by atoms with Crippen molar-refractivity contribution in [2.24, 2.45) is 0 Å². The first-order chi connectivity index (χ1) is 6.41. The van der Waals surface area contributed by atoms with Crippen molar-refractivity contribution in [3.63, 3.8) is 0 Å². The maximum atomic E-state index is 5.21. The lowest BCUT2D eigenvalue weighted by atomic mass is 10.4. The summed E-state index contributed by atoms with van der Waals surface area (Å²) in [7, 11) is 0. The summed E-state index contributed by atoms with van der Waals surface area (Å²) in [5, 5.41) is 3.34. The third kappa shape index (κ3) is 11.9. The molecule has 0 fully saturated rings. The van der Waals surface area contributed by atoms with Crippen molar-refractivity contribution in [1.82, 2.24) is 5.32 Å². The molecule has 0 saturated carbocycles. The predicted octanol–water partition coefficient (Wildman–Crippen LogP) is 1.43. The molecule has 0 aromatic heterocycles. The standard InChI is InChI=1S/C10H23NO2/c1-3-12-9-5-7-11-8-6-10-13-4-2/h11H,3-10H2,1-2H3. The predicted molar refractivity (Wildman–Crippen MR) is 55.1 cm³/mol. The Morgan fingerprint density at radius 2 is 1.31 bits per heavy atom. The largest absolute Gasteiger partial charge is 0.382 e. The molecule has 0 rings (SSSR count). The molecule has 0 aliphatic rings. The maximum Gasteiger partial charge on any atom is 0.0477 e. The highest BCUT2D eigenvalue weighted by Gasteiger charge is 1.89. The molecule has 80 valence electrons. The Bertz CT molecular complexity index is 79.0. The summed E-state index contributed by atoms with van der Waals surface area (Å²) in [6.07, 6.45) is 2.20. The van der Waals surface area contributed by atoms with E-state index in [0.29, 0.717) is 0 Å². The first-order valence-electron chi connectivity index (χ1n) is 5.28. The van der Waals surface area contributed by atoms with Crippen LogP contribution in [0.5, 0.6) is 0 Å². The second kappa shape index (κ2) is 11.9. The van der Waals surface area contributed by atoms with Crippen molar-refractivity contribution in [2.75, 3.05) is 39.5 Å². The minimum absolute atomic E-state index is 0.824. The molecule has 0 aliphatic heterocycles. The molecule has 0 bridgehead atoms. The molecule has 13 heavy (non-hydrogen) atoms. The molecule has 0 saturated heterocycles. The van der Waals surface area contributed by atoms with Crippen LogP contribution in [-0.2, 0) is 9.47 Å². The Kier molecular flexibility index (Phi) is 11.8. The van der Waals surface area contributed by atoms with Gasteiger partial charge in [-0.25, -0.2) is 0 Å². The van der Waals surface area contributed by atoms with Crippen molar-refractivity contribution in [3.8, 4) is 0 Å². The minimum Gasteiger partial charge on any atom is -0.382 e. The zero-order valence-corrected chi connectivity index (χ0v) is 8.97. The summed E-state index contributed by atoms with van der Waals surface area (Å²) in [5.74, 6) is 0. The summed E-state index contributed by atoms with van der Waals surface area (Å²) >= 11 is 0. The van der Waals surface area contributed by atoms with E-state index in [-0.39, 0.29) is 0 Å². The Hall–Kier alpha value is -0.120. The molecule has 0 aromatic rings. The third-order valence-corrected chi connectivity index (χ3v) is 1.69. The van der Waals surface area contributed by atoms with E-state index in [0.717, 1.165) is 52.4 Å². The average molecular weight is 189 g/mol. The monoisotopic (exact) mass is 189 g/mol. The highest BCUT2D eigenvalue weighted by atomic mass is 16.5. The smallest absolute Gasteiger partial charge is 0.0477 e. The van der Waals surface area contributed by atoms with Gasteiger partial charge in [0, 0.05) is 26.4 Å². The van der Waals surface area contributed by atoms with E-state index in [1.54, 1.807) is 0 Å². The van der Waals surface area contributed by atoms with E-state index in [9.17, 15) is 0 Å². The number of hydrogen-bond donors (Lipinski definition) is 1. The van der Waals surface area contributed by atoms with Crippen LogP contribution in [0, 0.1) is 0 Å². The average Bonchev–Trinajstić information content (AvgIpc) is 2.16. The van der Waals surface area contributed by atoms with Gasteiger partial charge in [-0.2, -0.15) is 0 Å². The summed E-state index contributed by atoms with van der Waals surface area (Å²) in [6, 6.07) is 0. The summed E-state index contributed by atoms with van der Waals surface area (Å²) in [4.78, 5) is 0. The normalized spacial score (nSPS) is 10.6. The van der Waals surface area contributed by atoms with E-state index in [4.69, 9.17) is 9.47 Å². The second-order valence-corrected chi connectivity index (χ2v) is 2.85. The zero-order valence-electron chi connectivity index (χ0n) is 8.97. The zero-order chi connectivity index (χ0) is 9.78. The third-order valence-electron chi connectivity index (χ3n) is 1.69. The number of ether oxygens (including phenoxy) is 2. The van der Waals surface area contributed by atoms with E-state index < -0.39 is 0 Å². The Morgan fingerprint density at radius 1 is 0.846 bits per heavy atom. The molecule has 0 aromatic carbocycles. The van der Waals surface area contributed by atoms with Gasteiger partial charge in [-0.15, -0.1) is 0 Å². The van der Waals surface area contributed by atoms with Crippen LogP contribution in [0.4, 0.5) is 0 Å². The summed E-state index contributed by atoms with van der Waals surface area (Å²) < 4.78 is 10.4. The molecule has 0 spiro atoms. The maximum absolute atomic E-state index is 5.21. The Morgan fingerprint density at radius 3 is 1.69 bits per heavy atom. The van der Waals surface area contributed by atoms with Crippen LogP contribution in [0.2, 0.25) is 0 Å². The van der Waals surface area contributed by atoms with Crippen LogP contribution in [0.1, 0.15) is 26.7 Å². The van der Waals surface area contributed by atoms with E-state index in [1.165, 1.54) is 0 Å². The fourth-order valence-corrected chi connectivity index (χ4v) is 1.01. The van der Waals surface area contributed by atoms with Crippen molar-refractivity contribution in [3.05, 3.63) is 0 Å². The highest BCUT2D eigenvalue weighted by Crippen LogP contribution is 1.82. The molecule has 0 aliphatic carbocycles. The van der Waals surface area contributed by atoms with Gasteiger partial charge in [0.2, 0.25) is 0 Å². The van der Waals surface area contributed by atoms with Gasteiger partial charge in [0.15, 0.2) is 0 Å². The molecular weight excluding hydrogens is 166 g/mol. The lowest BCUT2D eigenvalue weighted by Crippen LogP contribution is -2.19. The molecule has 3 heteroatoms. The van der Waals surface area contributed by atoms with E-state index >= 15 is 0 Å². The highest BCUT2D eigenvalue weighted by molar-refractivity contribution is 4.47. The molecule has 0 amide bonds. The van der Waals surface area contributed by atoms with E-state index in [2.05, 4.69) is 5.32 Å². The van der Waals surface area contributed by atoms with E-state index in [1.807, 2.05) is 13.8 Å². The van der Waals surface area contributed by atoms with Crippen molar-refractivity contribution < 1.29 is 9.47 Å². The molecule has 0 atom stereocenters. The molecule has 0 radical (unpaired) electrons. The quantitative estimate of drug-likeness (QED) is 0.527. The fourth-order valence-electron chi connectivity index (χ4n) is 1.01. The fraction of sp³-hybridized carbons (Fsp3) is 1.00. The van der Waals surface area contributed by atoms with Gasteiger partial charge in [0.25, 0.3) is 0 Å². The minimum atomic E-state index is 0.824. The first kappa shape index (κ1) is 12.9. The summed E-state index contributed by atoms with van der Waals surface area (Å²) in [6.45, 7) is 9.53. The van der Waals surface area contributed by atoms with Crippen molar-refractivity contribution in [2.45, 2.75) is 26.7 Å². The van der Waals surface area contributed by atoms with Gasteiger partial charge in [0.05, 0.1) is 0 Å². The second-order valence-electron chi connectivity index (χ2n) is 2.85. The van der Waals surface area contributed by atoms with Crippen molar-refractivity contribution in [1.29, 1.82) is 0 Å². The molecular formula is C10H23NO2. The topological polar surface area (TPSA) is 30.5 Å². The lowest BCUT2D eigenvalue weighted by molar-refractivity contribution is 0.140. The number of nitrogens with one attached hydrogen (secondary N) is 1. The van der Waals surface area contributed by atoms with Gasteiger partial charge in [-0.3, -0.25) is 0 Å². The van der Waals surface area contributed by atoms with Crippen LogP contribution >= 0.6 is 0 Å². The Balaban J connectivity index is 2.76. The number of hydrogen-bond acceptors (Lipinski definition) is 3. The van der Waals surface area contributed by atoms with Crippen LogP contribution in [0.15, 0.2) is 0 Å². The van der Waals surface area contributed by atoms with Crippen LogP contribution in [0.3, 0.4) is 0 Å². The van der Waals surface area contributed by atoms with Gasteiger partial charge in [0.1, 0.15) is 0 Å².